The molecule has 7 nitrogen and oxygen atoms in total. The predicted octanol–water partition coefficient (Wildman–Crippen LogP) is 4.24. The molecule has 0 saturated carbocycles. The van der Waals surface area contributed by atoms with Crippen molar-refractivity contribution in [2.45, 2.75) is 39.5 Å². The number of benzene rings is 2. The molecule has 7 heteroatoms. The number of ether oxygens (including phenoxy) is 2. The first-order chi connectivity index (χ1) is 17.5. The maximum Gasteiger partial charge on any atom is 0.227 e. The fourth-order valence-electron chi connectivity index (χ4n) is 4.73. The van der Waals surface area contributed by atoms with Crippen LogP contribution in [0.5, 0.6) is 11.5 Å². The minimum Gasteiger partial charge on any atom is -0.497 e. The van der Waals surface area contributed by atoms with E-state index < -0.39 is 0 Å². The van der Waals surface area contributed by atoms with Gasteiger partial charge in [0.2, 0.25) is 5.91 Å². The largest absolute Gasteiger partial charge is 0.497 e. The molecule has 4 rings (SSSR count). The van der Waals surface area contributed by atoms with Crippen molar-refractivity contribution in [1.29, 1.82) is 0 Å². The zero-order valence-electron chi connectivity index (χ0n) is 21.8. The lowest BCUT2D eigenvalue weighted by Gasteiger charge is -2.26. The van der Waals surface area contributed by atoms with Gasteiger partial charge in [-0.2, -0.15) is 0 Å². The second-order valence-corrected chi connectivity index (χ2v) is 9.14. The Labute approximate surface area is 214 Å². The Morgan fingerprint density at radius 1 is 0.861 bits per heavy atom. The van der Waals surface area contributed by atoms with E-state index in [4.69, 9.17) is 19.4 Å². The number of aromatic nitrogens is 2. The highest BCUT2D eigenvalue weighted by Crippen LogP contribution is 2.27. The van der Waals surface area contributed by atoms with Crippen molar-refractivity contribution in [2.24, 2.45) is 0 Å². The normalized spacial score (nSPS) is 13.9. The van der Waals surface area contributed by atoms with E-state index in [1.807, 2.05) is 48.2 Å². The molecule has 1 saturated heterocycles. The Bertz CT molecular complexity index is 1160. The van der Waals surface area contributed by atoms with Gasteiger partial charge in [0, 0.05) is 43.9 Å². The third kappa shape index (κ3) is 6.14. The maximum absolute atomic E-state index is 13.1. The molecule has 3 aromatic rings. The average Bonchev–Trinajstić information content (AvgIpc) is 3.16. The molecule has 1 aromatic heterocycles. The summed E-state index contributed by atoms with van der Waals surface area (Å²) in [5.74, 6) is 3.60. The SMILES string of the molecule is CCc1nc(C)nc(N2CCCN(C(=O)Cc3ccc(OC)cc3)CC2)c1Cc1ccc(OC)cc1. The lowest BCUT2D eigenvalue weighted by Crippen LogP contribution is -2.36. The standard InChI is InChI=1S/C29H36N4O3/c1-5-27-26(19-22-7-11-24(35-3)12-8-22)29(31-21(2)30-27)33-16-6-15-32(17-18-33)28(34)20-23-9-13-25(36-4)14-10-23/h7-14H,5-6,15-20H2,1-4H3. The maximum atomic E-state index is 13.1. The molecule has 0 spiro atoms. The van der Waals surface area contributed by atoms with Gasteiger partial charge in [0.15, 0.2) is 0 Å². The number of carbonyl (C=O) groups is 1. The van der Waals surface area contributed by atoms with Crippen LogP contribution in [0, 0.1) is 6.92 Å². The summed E-state index contributed by atoms with van der Waals surface area (Å²) in [6, 6.07) is 15.9. The highest BCUT2D eigenvalue weighted by molar-refractivity contribution is 5.79. The second kappa shape index (κ2) is 11.9. The first kappa shape index (κ1) is 25.5. The highest BCUT2D eigenvalue weighted by atomic mass is 16.5. The van der Waals surface area contributed by atoms with Gasteiger partial charge >= 0.3 is 0 Å². The molecule has 0 radical (unpaired) electrons. The smallest absolute Gasteiger partial charge is 0.227 e. The lowest BCUT2D eigenvalue weighted by atomic mass is 10.0. The number of anilines is 1. The van der Waals surface area contributed by atoms with Gasteiger partial charge in [-0.25, -0.2) is 9.97 Å². The number of hydrogen-bond donors (Lipinski definition) is 0. The van der Waals surface area contributed by atoms with Crippen molar-refractivity contribution in [3.63, 3.8) is 0 Å². The molecular formula is C29H36N4O3. The molecule has 0 atom stereocenters. The van der Waals surface area contributed by atoms with Gasteiger partial charge in [-0.3, -0.25) is 4.79 Å². The number of aryl methyl sites for hydroxylation is 2. The Morgan fingerprint density at radius 2 is 1.50 bits per heavy atom. The summed E-state index contributed by atoms with van der Waals surface area (Å²) < 4.78 is 10.5. The Kier molecular flexibility index (Phi) is 8.41. The van der Waals surface area contributed by atoms with Crippen molar-refractivity contribution in [2.75, 3.05) is 45.3 Å². The number of nitrogens with zero attached hydrogens (tertiary/aromatic N) is 4. The number of hydrogen-bond acceptors (Lipinski definition) is 6. The minimum atomic E-state index is 0.161. The van der Waals surface area contributed by atoms with Gasteiger partial charge in [0.1, 0.15) is 23.1 Å². The van der Waals surface area contributed by atoms with Crippen LogP contribution in [0.2, 0.25) is 0 Å². The fourth-order valence-corrected chi connectivity index (χ4v) is 4.73. The van der Waals surface area contributed by atoms with Gasteiger partial charge in [-0.05, 0) is 55.2 Å². The van der Waals surface area contributed by atoms with Crippen LogP contribution >= 0.6 is 0 Å². The van der Waals surface area contributed by atoms with Crippen molar-refractivity contribution < 1.29 is 14.3 Å². The van der Waals surface area contributed by atoms with Crippen LogP contribution in [-0.4, -0.2) is 61.2 Å². The van der Waals surface area contributed by atoms with E-state index in [2.05, 4.69) is 24.0 Å². The van der Waals surface area contributed by atoms with E-state index in [1.165, 1.54) is 11.1 Å². The predicted molar refractivity (Wildman–Crippen MR) is 142 cm³/mol. The Hall–Kier alpha value is -3.61. The van der Waals surface area contributed by atoms with E-state index in [9.17, 15) is 4.79 Å². The second-order valence-electron chi connectivity index (χ2n) is 9.14. The summed E-state index contributed by atoms with van der Waals surface area (Å²) in [6.07, 6.45) is 2.92. The summed E-state index contributed by atoms with van der Waals surface area (Å²) in [5.41, 5.74) is 4.46. The van der Waals surface area contributed by atoms with Gasteiger partial charge in [0.05, 0.1) is 20.6 Å². The summed E-state index contributed by atoms with van der Waals surface area (Å²) in [4.78, 5) is 27.1. The number of rotatable bonds is 8. The van der Waals surface area contributed by atoms with Crippen molar-refractivity contribution >= 4 is 11.7 Å². The first-order valence-corrected chi connectivity index (χ1v) is 12.7. The molecule has 190 valence electrons. The molecule has 0 aliphatic carbocycles. The molecule has 1 aliphatic heterocycles. The van der Waals surface area contributed by atoms with E-state index >= 15 is 0 Å². The van der Waals surface area contributed by atoms with Gasteiger partial charge in [0.25, 0.3) is 0 Å². The topological polar surface area (TPSA) is 67.8 Å². The number of carbonyl (C=O) groups excluding carboxylic acids is 1. The summed E-state index contributed by atoms with van der Waals surface area (Å²) in [6.45, 7) is 7.16. The molecule has 2 heterocycles. The van der Waals surface area contributed by atoms with Crippen LogP contribution in [0.4, 0.5) is 5.82 Å². The quantitative estimate of drug-likeness (QED) is 0.473. The van der Waals surface area contributed by atoms with Crippen molar-refractivity contribution in [1.82, 2.24) is 14.9 Å². The van der Waals surface area contributed by atoms with Crippen LogP contribution in [-0.2, 0) is 24.1 Å². The average molecular weight is 489 g/mol. The molecule has 0 N–H and O–H groups in total. The Morgan fingerprint density at radius 3 is 2.11 bits per heavy atom. The number of amides is 1. The summed E-state index contributed by atoms with van der Waals surface area (Å²) >= 11 is 0. The van der Waals surface area contributed by atoms with E-state index in [1.54, 1.807) is 14.2 Å². The van der Waals surface area contributed by atoms with Gasteiger partial charge < -0.3 is 19.3 Å². The number of methoxy groups -OCH3 is 2. The lowest BCUT2D eigenvalue weighted by molar-refractivity contribution is -0.130. The third-order valence-corrected chi connectivity index (χ3v) is 6.72. The third-order valence-electron chi connectivity index (χ3n) is 6.72. The molecule has 2 aromatic carbocycles. The van der Waals surface area contributed by atoms with Crippen molar-refractivity contribution in [3.05, 3.63) is 76.7 Å². The molecule has 0 bridgehead atoms. The zero-order valence-corrected chi connectivity index (χ0v) is 21.8. The van der Waals surface area contributed by atoms with Crippen LogP contribution in [0.1, 0.15) is 41.6 Å². The zero-order chi connectivity index (χ0) is 25.5. The van der Waals surface area contributed by atoms with Gasteiger partial charge in [-0.1, -0.05) is 31.2 Å². The molecule has 1 fully saturated rings. The molecule has 1 amide bonds. The molecule has 36 heavy (non-hydrogen) atoms. The van der Waals surface area contributed by atoms with E-state index in [0.717, 1.165) is 73.3 Å². The van der Waals surface area contributed by atoms with Crippen LogP contribution in [0.3, 0.4) is 0 Å². The van der Waals surface area contributed by atoms with Gasteiger partial charge in [-0.15, -0.1) is 0 Å². The van der Waals surface area contributed by atoms with E-state index in [0.29, 0.717) is 13.0 Å². The highest BCUT2D eigenvalue weighted by Gasteiger charge is 2.23. The first-order valence-electron chi connectivity index (χ1n) is 12.7. The van der Waals surface area contributed by atoms with Crippen LogP contribution < -0.4 is 14.4 Å². The monoisotopic (exact) mass is 488 g/mol. The molecule has 0 unspecified atom stereocenters. The van der Waals surface area contributed by atoms with Crippen LogP contribution in [0.25, 0.3) is 0 Å². The van der Waals surface area contributed by atoms with Crippen LogP contribution in [0.15, 0.2) is 48.5 Å². The fraction of sp³-hybridized carbons (Fsp3) is 0.414. The van der Waals surface area contributed by atoms with Crippen molar-refractivity contribution in [3.8, 4) is 11.5 Å². The Balaban J connectivity index is 1.50. The minimum absolute atomic E-state index is 0.161. The molecular weight excluding hydrogens is 452 g/mol. The molecule has 1 aliphatic rings. The van der Waals surface area contributed by atoms with E-state index in [-0.39, 0.29) is 5.91 Å². The summed E-state index contributed by atoms with van der Waals surface area (Å²) in [7, 11) is 3.33. The summed E-state index contributed by atoms with van der Waals surface area (Å²) in [5, 5.41) is 0.